The second kappa shape index (κ2) is 6.97. The van der Waals surface area contributed by atoms with Crippen molar-refractivity contribution < 1.29 is 0 Å². The van der Waals surface area contributed by atoms with Crippen molar-refractivity contribution in [3.05, 3.63) is 22.9 Å². The van der Waals surface area contributed by atoms with Gasteiger partial charge in [0.05, 0.1) is 11.9 Å². The molecular formula is C13H22BrN3. The highest BCUT2D eigenvalue weighted by Crippen LogP contribution is 2.13. The van der Waals surface area contributed by atoms with E-state index >= 15 is 0 Å². The minimum Gasteiger partial charge on any atom is -0.382 e. The molecule has 0 aliphatic heterocycles. The van der Waals surface area contributed by atoms with Gasteiger partial charge in [0, 0.05) is 35.8 Å². The Morgan fingerprint density at radius 3 is 2.41 bits per heavy atom. The number of rotatable bonds is 6. The van der Waals surface area contributed by atoms with Gasteiger partial charge in [-0.15, -0.1) is 0 Å². The SMILES string of the molecule is CC(C)N(CCNc1cncc(Br)c1)C(C)C. The summed E-state index contributed by atoms with van der Waals surface area (Å²) in [4.78, 5) is 6.60. The van der Waals surface area contributed by atoms with Crippen LogP contribution >= 0.6 is 15.9 Å². The van der Waals surface area contributed by atoms with Crippen molar-refractivity contribution >= 4 is 21.6 Å². The fourth-order valence-electron chi connectivity index (χ4n) is 1.95. The first-order valence-corrected chi connectivity index (χ1v) is 6.90. The highest BCUT2D eigenvalue weighted by atomic mass is 79.9. The summed E-state index contributed by atoms with van der Waals surface area (Å²) in [7, 11) is 0. The molecule has 0 unspecified atom stereocenters. The topological polar surface area (TPSA) is 28.2 Å². The van der Waals surface area contributed by atoms with Crippen molar-refractivity contribution in [1.29, 1.82) is 0 Å². The van der Waals surface area contributed by atoms with E-state index in [-0.39, 0.29) is 0 Å². The van der Waals surface area contributed by atoms with Crippen LogP contribution in [-0.4, -0.2) is 35.1 Å². The Hall–Kier alpha value is -0.610. The van der Waals surface area contributed by atoms with Crippen LogP contribution in [0.25, 0.3) is 0 Å². The average Bonchev–Trinajstić information content (AvgIpc) is 2.23. The van der Waals surface area contributed by atoms with Crippen molar-refractivity contribution in [3.8, 4) is 0 Å². The van der Waals surface area contributed by atoms with Crippen LogP contribution in [0.4, 0.5) is 5.69 Å². The average molecular weight is 300 g/mol. The maximum Gasteiger partial charge on any atom is 0.0538 e. The van der Waals surface area contributed by atoms with Gasteiger partial charge in [-0.25, -0.2) is 0 Å². The summed E-state index contributed by atoms with van der Waals surface area (Å²) < 4.78 is 1.01. The summed E-state index contributed by atoms with van der Waals surface area (Å²) in [6.45, 7) is 10.9. The Balaban J connectivity index is 2.41. The molecule has 1 N–H and O–H groups in total. The molecule has 1 aromatic heterocycles. The smallest absolute Gasteiger partial charge is 0.0538 e. The van der Waals surface area contributed by atoms with E-state index in [9.17, 15) is 0 Å². The van der Waals surface area contributed by atoms with Crippen molar-refractivity contribution in [3.63, 3.8) is 0 Å². The predicted octanol–water partition coefficient (Wildman–Crippen LogP) is 3.37. The highest BCUT2D eigenvalue weighted by Gasteiger charge is 2.12. The van der Waals surface area contributed by atoms with Crippen molar-refractivity contribution in [1.82, 2.24) is 9.88 Å². The number of nitrogens with one attached hydrogen (secondary N) is 1. The van der Waals surface area contributed by atoms with Gasteiger partial charge in [-0.05, 0) is 49.7 Å². The Kier molecular flexibility index (Phi) is 5.92. The van der Waals surface area contributed by atoms with Crippen LogP contribution < -0.4 is 5.32 Å². The van der Waals surface area contributed by atoms with Crippen molar-refractivity contribution in [2.45, 2.75) is 39.8 Å². The second-order valence-corrected chi connectivity index (χ2v) is 5.66. The molecule has 0 fully saturated rings. The summed E-state index contributed by atoms with van der Waals surface area (Å²) in [5.74, 6) is 0. The van der Waals surface area contributed by atoms with E-state index in [4.69, 9.17) is 0 Å². The molecular weight excluding hydrogens is 278 g/mol. The fraction of sp³-hybridized carbons (Fsp3) is 0.615. The number of pyridine rings is 1. The van der Waals surface area contributed by atoms with Crippen LogP contribution in [0, 0.1) is 0 Å². The molecule has 1 heterocycles. The van der Waals surface area contributed by atoms with E-state index in [0.29, 0.717) is 12.1 Å². The number of hydrogen-bond acceptors (Lipinski definition) is 3. The second-order valence-electron chi connectivity index (χ2n) is 4.74. The van der Waals surface area contributed by atoms with Gasteiger partial charge in [0.25, 0.3) is 0 Å². The van der Waals surface area contributed by atoms with E-state index in [2.05, 4.69) is 58.8 Å². The van der Waals surface area contributed by atoms with Gasteiger partial charge in [0.15, 0.2) is 0 Å². The third-order valence-electron chi connectivity index (χ3n) is 2.73. The molecule has 0 atom stereocenters. The molecule has 0 bridgehead atoms. The van der Waals surface area contributed by atoms with Gasteiger partial charge in [0.1, 0.15) is 0 Å². The molecule has 17 heavy (non-hydrogen) atoms. The van der Waals surface area contributed by atoms with Crippen molar-refractivity contribution in [2.24, 2.45) is 0 Å². The number of nitrogens with zero attached hydrogens (tertiary/aromatic N) is 2. The molecule has 0 radical (unpaired) electrons. The number of aromatic nitrogens is 1. The van der Waals surface area contributed by atoms with E-state index in [1.807, 2.05) is 12.3 Å². The Labute approximate surface area is 113 Å². The van der Waals surface area contributed by atoms with Crippen LogP contribution in [0.3, 0.4) is 0 Å². The standard InChI is InChI=1S/C13H22BrN3/c1-10(2)17(11(3)4)6-5-16-13-7-12(14)8-15-9-13/h7-11,16H,5-6H2,1-4H3. The van der Waals surface area contributed by atoms with E-state index in [0.717, 1.165) is 23.2 Å². The molecule has 0 aliphatic rings. The van der Waals surface area contributed by atoms with Crippen LogP contribution in [-0.2, 0) is 0 Å². The molecule has 0 amide bonds. The zero-order valence-electron chi connectivity index (χ0n) is 11.1. The first-order chi connectivity index (χ1) is 8.00. The molecule has 1 aromatic rings. The number of anilines is 1. The maximum atomic E-state index is 4.13. The third-order valence-corrected chi connectivity index (χ3v) is 3.16. The first kappa shape index (κ1) is 14.5. The molecule has 96 valence electrons. The van der Waals surface area contributed by atoms with Gasteiger partial charge in [-0.2, -0.15) is 0 Å². The third kappa shape index (κ3) is 5.04. The monoisotopic (exact) mass is 299 g/mol. The number of hydrogen-bond donors (Lipinski definition) is 1. The molecule has 0 spiro atoms. The van der Waals surface area contributed by atoms with Crippen LogP contribution in [0.15, 0.2) is 22.9 Å². The Morgan fingerprint density at radius 1 is 1.24 bits per heavy atom. The summed E-state index contributed by atoms with van der Waals surface area (Å²) in [5.41, 5.74) is 1.06. The summed E-state index contributed by atoms with van der Waals surface area (Å²) in [6.07, 6.45) is 3.64. The Bertz CT molecular complexity index is 331. The summed E-state index contributed by atoms with van der Waals surface area (Å²) in [5, 5.41) is 3.39. The van der Waals surface area contributed by atoms with Gasteiger partial charge in [0.2, 0.25) is 0 Å². The minimum atomic E-state index is 0.581. The first-order valence-electron chi connectivity index (χ1n) is 6.11. The van der Waals surface area contributed by atoms with E-state index in [1.165, 1.54) is 0 Å². The predicted molar refractivity (Wildman–Crippen MR) is 77.4 cm³/mol. The van der Waals surface area contributed by atoms with E-state index < -0.39 is 0 Å². The molecule has 1 rings (SSSR count). The Morgan fingerprint density at radius 2 is 1.88 bits per heavy atom. The van der Waals surface area contributed by atoms with Crippen LogP contribution in [0.1, 0.15) is 27.7 Å². The quantitative estimate of drug-likeness (QED) is 0.873. The van der Waals surface area contributed by atoms with E-state index in [1.54, 1.807) is 6.20 Å². The zero-order valence-corrected chi connectivity index (χ0v) is 12.7. The molecule has 4 heteroatoms. The molecule has 0 aromatic carbocycles. The molecule has 0 saturated heterocycles. The van der Waals surface area contributed by atoms with Gasteiger partial charge < -0.3 is 5.32 Å². The van der Waals surface area contributed by atoms with Gasteiger partial charge in [-0.3, -0.25) is 9.88 Å². The maximum absolute atomic E-state index is 4.13. The molecule has 0 aliphatic carbocycles. The normalized spacial score (nSPS) is 11.5. The highest BCUT2D eigenvalue weighted by molar-refractivity contribution is 9.10. The van der Waals surface area contributed by atoms with Gasteiger partial charge in [-0.1, -0.05) is 0 Å². The summed E-state index contributed by atoms with van der Waals surface area (Å²) >= 11 is 3.42. The van der Waals surface area contributed by atoms with Crippen LogP contribution in [0.5, 0.6) is 0 Å². The molecule has 0 saturated carbocycles. The minimum absolute atomic E-state index is 0.581. The van der Waals surface area contributed by atoms with Crippen molar-refractivity contribution in [2.75, 3.05) is 18.4 Å². The lowest BCUT2D eigenvalue weighted by Crippen LogP contribution is -2.40. The lowest BCUT2D eigenvalue weighted by Gasteiger charge is -2.30. The van der Waals surface area contributed by atoms with Gasteiger partial charge >= 0.3 is 0 Å². The fourth-order valence-corrected chi connectivity index (χ4v) is 2.32. The van der Waals surface area contributed by atoms with Crippen LogP contribution in [0.2, 0.25) is 0 Å². The zero-order chi connectivity index (χ0) is 12.8. The lowest BCUT2D eigenvalue weighted by molar-refractivity contribution is 0.182. The molecule has 3 nitrogen and oxygen atoms in total. The summed E-state index contributed by atoms with van der Waals surface area (Å²) in [6, 6.07) is 3.21. The largest absolute Gasteiger partial charge is 0.382 e. The number of halogens is 1. The lowest BCUT2D eigenvalue weighted by atomic mass is 10.2.